The summed E-state index contributed by atoms with van der Waals surface area (Å²) in [7, 11) is 0.0682. The first-order chi connectivity index (χ1) is 16.3. The standard InChI is InChI=1S/C25H27N3O5S/c1-26(2)22-9-5-8-21(16-22)25(30)33-18-24(29)27-12-14-28(15-13-27)34(31,32)23-11-10-19-6-3-4-7-20(19)17-23/h3-11,16-17H,12-15,18H2,1-2H3. The summed E-state index contributed by atoms with van der Waals surface area (Å²) in [5.74, 6) is -0.922. The summed E-state index contributed by atoms with van der Waals surface area (Å²) < 4.78 is 32.8. The van der Waals surface area contributed by atoms with E-state index in [0.29, 0.717) is 5.56 Å². The van der Waals surface area contributed by atoms with E-state index in [9.17, 15) is 18.0 Å². The van der Waals surface area contributed by atoms with Crippen LogP contribution in [0.4, 0.5) is 5.69 Å². The average Bonchev–Trinajstić information content (AvgIpc) is 2.86. The Morgan fingerprint density at radius 2 is 1.59 bits per heavy atom. The van der Waals surface area contributed by atoms with Crippen LogP contribution in [0.15, 0.2) is 71.6 Å². The lowest BCUT2D eigenvalue weighted by molar-refractivity contribution is -0.135. The zero-order chi connectivity index (χ0) is 24.3. The van der Waals surface area contributed by atoms with Crippen molar-refractivity contribution in [2.24, 2.45) is 0 Å². The van der Waals surface area contributed by atoms with Gasteiger partial charge in [0.05, 0.1) is 10.5 Å². The molecule has 3 aromatic rings. The minimum atomic E-state index is -3.67. The van der Waals surface area contributed by atoms with Crippen LogP contribution in [0.3, 0.4) is 0 Å². The number of sulfonamides is 1. The molecule has 4 rings (SSSR count). The van der Waals surface area contributed by atoms with Gasteiger partial charge in [0.15, 0.2) is 6.61 Å². The van der Waals surface area contributed by atoms with Crippen molar-refractivity contribution in [3.05, 3.63) is 72.3 Å². The highest BCUT2D eigenvalue weighted by atomic mass is 32.2. The van der Waals surface area contributed by atoms with Gasteiger partial charge in [-0.2, -0.15) is 4.31 Å². The van der Waals surface area contributed by atoms with Crippen LogP contribution in [0.2, 0.25) is 0 Å². The number of ether oxygens (including phenoxy) is 1. The number of amides is 1. The summed E-state index contributed by atoms with van der Waals surface area (Å²) in [5, 5.41) is 1.83. The molecule has 0 saturated carbocycles. The number of rotatable bonds is 6. The Labute approximate surface area is 199 Å². The van der Waals surface area contributed by atoms with E-state index >= 15 is 0 Å². The van der Waals surface area contributed by atoms with E-state index in [0.717, 1.165) is 16.5 Å². The van der Waals surface area contributed by atoms with Crippen molar-refractivity contribution in [3.63, 3.8) is 0 Å². The molecule has 1 aliphatic rings. The number of esters is 1. The Morgan fingerprint density at radius 1 is 0.882 bits per heavy atom. The molecule has 34 heavy (non-hydrogen) atoms. The lowest BCUT2D eigenvalue weighted by Crippen LogP contribution is -2.51. The largest absolute Gasteiger partial charge is 0.452 e. The molecule has 0 unspecified atom stereocenters. The summed E-state index contributed by atoms with van der Waals surface area (Å²) in [6.45, 7) is 0.445. The number of fused-ring (bicyclic) bond motifs is 1. The maximum atomic E-state index is 13.1. The van der Waals surface area contributed by atoms with Gasteiger partial charge in [-0.25, -0.2) is 13.2 Å². The highest BCUT2D eigenvalue weighted by Gasteiger charge is 2.30. The van der Waals surface area contributed by atoms with Crippen LogP contribution in [0.25, 0.3) is 10.8 Å². The summed E-state index contributed by atoms with van der Waals surface area (Å²) in [6.07, 6.45) is 0. The number of carbonyl (C=O) groups excluding carboxylic acids is 2. The van der Waals surface area contributed by atoms with Gasteiger partial charge < -0.3 is 14.5 Å². The van der Waals surface area contributed by atoms with Gasteiger partial charge in [0.2, 0.25) is 10.0 Å². The van der Waals surface area contributed by atoms with Crippen LogP contribution < -0.4 is 4.90 Å². The Bertz CT molecular complexity index is 1310. The number of nitrogens with zero attached hydrogens (tertiary/aromatic N) is 3. The molecule has 0 aromatic heterocycles. The molecule has 0 radical (unpaired) electrons. The van der Waals surface area contributed by atoms with Gasteiger partial charge in [0.25, 0.3) is 5.91 Å². The van der Waals surface area contributed by atoms with E-state index in [1.165, 1.54) is 9.21 Å². The van der Waals surface area contributed by atoms with E-state index < -0.39 is 16.0 Å². The fourth-order valence-corrected chi connectivity index (χ4v) is 5.33. The minimum Gasteiger partial charge on any atom is -0.452 e. The average molecular weight is 482 g/mol. The predicted octanol–water partition coefficient (Wildman–Crippen LogP) is 2.60. The van der Waals surface area contributed by atoms with Gasteiger partial charge in [0.1, 0.15) is 0 Å². The second-order valence-corrected chi connectivity index (χ2v) is 10.3. The van der Waals surface area contributed by atoms with Gasteiger partial charge in [-0.3, -0.25) is 4.79 Å². The molecule has 0 atom stereocenters. The van der Waals surface area contributed by atoms with Crippen LogP contribution in [0, 0.1) is 0 Å². The van der Waals surface area contributed by atoms with E-state index in [-0.39, 0.29) is 43.6 Å². The molecule has 8 nitrogen and oxygen atoms in total. The first-order valence-electron chi connectivity index (χ1n) is 11.0. The molecule has 9 heteroatoms. The van der Waals surface area contributed by atoms with Gasteiger partial charge in [-0.15, -0.1) is 0 Å². The summed E-state index contributed by atoms with van der Waals surface area (Å²) >= 11 is 0. The Kier molecular flexibility index (Phi) is 6.85. The third-order valence-corrected chi connectivity index (χ3v) is 7.77. The molecule has 178 valence electrons. The van der Waals surface area contributed by atoms with Crippen LogP contribution >= 0.6 is 0 Å². The maximum Gasteiger partial charge on any atom is 0.338 e. The number of piperazine rings is 1. The van der Waals surface area contributed by atoms with Crippen molar-refractivity contribution in [3.8, 4) is 0 Å². The second-order valence-electron chi connectivity index (χ2n) is 8.31. The SMILES string of the molecule is CN(C)c1cccc(C(=O)OCC(=O)N2CCN(S(=O)(=O)c3ccc4ccccc4c3)CC2)c1. The molecule has 1 amide bonds. The van der Waals surface area contributed by atoms with Crippen LogP contribution in [0.5, 0.6) is 0 Å². The zero-order valence-corrected chi connectivity index (χ0v) is 20.0. The first-order valence-corrected chi connectivity index (χ1v) is 12.4. The van der Waals surface area contributed by atoms with Crippen LogP contribution in [-0.2, 0) is 19.6 Å². The number of anilines is 1. The normalized spacial score (nSPS) is 14.7. The third kappa shape index (κ3) is 5.05. The number of carbonyl (C=O) groups is 2. The first kappa shape index (κ1) is 23.7. The van der Waals surface area contributed by atoms with Gasteiger partial charge in [-0.1, -0.05) is 36.4 Å². The van der Waals surface area contributed by atoms with Gasteiger partial charge in [-0.05, 0) is 41.1 Å². The van der Waals surface area contributed by atoms with Crippen molar-refractivity contribution in [1.29, 1.82) is 0 Å². The number of hydrogen-bond donors (Lipinski definition) is 0. The van der Waals surface area contributed by atoms with Crippen molar-refractivity contribution in [2.45, 2.75) is 4.90 Å². The molecule has 1 fully saturated rings. The third-order valence-electron chi connectivity index (χ3n) is 5.88. The lowest BCUT2D eigenvalue weighted by atomic mass is 10.1. The molecule has 0 bridgehead atoms. The Morgan fingerprint density at radius 3 is 2.29 bits per heavy atom. The van der Waals surface area contributed by atoms with Crippen LogP contribution in [-0.4, -0.2) is 76.4 Å². The predicted molar refractivity (Wildman–Crippen MR) is 130 cm³/mol. The van der Waals surface area contributed by atoms with Crippen molar-refractivity contribution < 1.29 is 22.7 Å². The lowest BCUT2D eigenvalue weighted by Gasteiger charge is -2.33. The van der Waals surface area contributed by atoms with Crippen LogP contribution in [0.1, 0.15) is 10.4 Å². The molecule has 1 heterocycles. The number of benzene rings is 3. The highest BCUT2D eigenvalue weighted by molar-refractivity contribution is 7.89. The molecule has 1 saturated heterocycles. The number of hydrogen-bond acceptors (Lipinski definition) is 6. The molecule has 3 aromatic carbocycles. The molecule has 0 N–H and O–H groups in total. The summed E-state index contributed by atoms with van der Waals surface area (Å²) in [6, 6.07) is 19.6. The molecular formula is C25H27N3O5S. The molecule has 1 aliphatic heterocycles. The van der Waals surface area contributed by atoms with Gasteiger partial charge >= 0.3 is 5.97 Å². The topological polar surface area (TPSA) is 87.2 Å². The fourth-order valence-electron chi connectivity index (χ4n) is 3.87. The maximum absolute atomic E-state index is 13.1. The van der Waals surface area contributed by atoms with E-state index in [1.807, 2.05) is 49.3 Å². The summed E-state index contributed by atoms with van der Waals surface area (Å²) in [4.78, 5) is 28.5. The molecule has 0 aliphatic carbocycles. The minimum absolute atomic E-state index is 0.180. The van der Waals surface area contributed by atoms with E-state index in [2.05, 4.69) is 0 Å². The van der Waals surface area contributed by atoms with Crippen molar-refractivity contribution in [1.82, 2.24) is 9.21 Å². The fraction of sp³-hybridized carbons (Fsp3) is 0.280. The monoisotopic (exact) mass is 481 g/mol. The quantitative estimate of drug-likeness (QED) is 0.503. The molecule has 0 spiro atoms. The smallest absolute Gasteiger partial charge is 0.338 e. The van der Waals surface area contributed by atoms with E-state index in [4.69, 9.17) is 4.74 Å². The van der Waals surface area contributed by atoms with Gasteiger partial charge in [0, 0.05) is 46.0 Å². The van der Waals surface area contributed by atoms with E-state index in [1.54, 1.807) is 36.4 Å². The molecular weight excluding hydrogens is 454 g/mol. The Balaban J connectivity index is 1.33. The zero-order valence-electron chi connectivity index (χ0n) is 19.2. The van der Waals surface area contributed by atoms with Crippen molar-refractivity contribution >= 4 is 38.4 Å². The Hall–Kier alpha value is -3.43. The summed E-state index contributed by atoms with van der Waals surface area (Å²) in [5.41, 5.74) is 1.22. The van der Waals surface area contributed by atoms with Crippen molar-refractivity contribution in [2.75, 3.05) is 51.8 Å². The highest BCUT2D eigenvalue weighted by Crippen LogP contribution is 2.23. The second kappa shape index (κ2) is 9.82.